The van der Waals surface area contributed by atoms with E-state index in [-0.39, 0.29) is 17.4 Å². The van der Waals surface area contributed by atoms with Gasteiger partial charge in [-0.05, 0) is 49.2 Å². The Bertz CT molecular complexity index is 1270. The summed E-state index contributed by atoms with van der Waals surface area (Å²) in [5.74, 6) is 0.477. The average Bonchev–Trinajstić information content (AvgIpc) is 3.37. The van der Waals surface area contributed by atoms with E-state index in [0.717, 1.165) is 32.1 Å². The number of amides is 2. The topological polar surface area (TPSA) is 124 Å². The van der Waals surface area contributed by atoms with Gasteiger partial charge in [-0.15, -0.1) is 0 Å². The van der Waals surface area contributed by atoms with Crippen LogP contribution in [0, 0.1) is 10.1 Å². The van der Waals surface area contributed by atoms with Gasteiger partial charge in [-0.1, -0.05) is 31.4 Å². The third-order valence-electron chi connectivity index (χ3n) is 6.04. The van der Waals surface area contributed by atoms with Crippen LogP contribution < -0.4 is 15.4 Å². The minimum absolute atomic E-state index is 0.0429. The first kappa shape index (κ1) is 24.7. The number of hydrogen-bond acceptors (Lipinski definition) is 6. The van der Waals surface area contributed by atoms with Gasteiger partial charge >= 0.3 is 0 Å². The number of rotatable bonds is 8. The molecule has 1 aliphatic rings. The molecule has 0 radical (unpaired) electrons. The van der Waals surface area contributed by atoms with Crippen molar-refractivity contribution in [2.45, 2.75) is 38.1 Å². The van der Waals surface area contributed by atoms with Crippen molar-refractivity contribution in [2.24, 2.45) is 0 Å². The summed E-state index contributed by atoms with van der Waals surface area (Å²) in [6.07, 6.45) is 6.49. The number of nitrogens with one attached hydrogen (secondary N) is 2. The van der Waals surface area contributed by atoms with E-state index < -0.39 is 16.7 Å². The highest BCUT2D eigenvalue weighted by Crippen LogP contribution is 2.27. The Hall–Kier alpha value is -4.40. The summed E-state index contributed by atoms with van der Waals surface area (Å²) in [5, 5.41) is 16.8. The summed E-state index contributed by atoms with van der Waals surface area (Å²) in [4.78, 5) is 36.7. The molecule has 0 spiro atoms. The third kappa shape index (κ3) is 6.18. The number of benzene rings is 2. The number of methoxy groups -OCH3 is 1. The van der Waals surface area contributed by atoms with E-state index in [4.69, 9.17) is 9.15 Å². The summed E-state index contributed by atoms with van der Waals surface area (Å²) in [6.45, 7) is 0. The number of nitro benzene ring substituents is 1. The van der Waals surface area contributed by atoms with Crippen LogP contribution in [0.15, 0.2) is 70.8 Å². The summed E-state index contributed by atoms with van der Waals surface area (Å²) in [5.41, 5.74) is 0.879. The Morgan fingerprint density at radius 2 is 1.81 bits per heavy atom. The maximum atomic E-state index is 13.1. The molecule has 1 aromatic heterocycles. The predicted octanol–water partition coefficient (Wildman–Crippen LogP) is 5.08. The Morgan fingerprint density at radius 3 is 2.50 bits per heavy atom. The van der Waals surface area contributed by atoms with Gasteiger partial charge in [-0.2, -0.15) is 0 Å². The normalized spacial score (nSPS) is 14.2. The van der Waals surface area contributed by atoms with Gasteiger partial charge in [0.2, 0.25) is 0 Å². The fourth-order valence-corrected chi connectivity index (χ4v) is 4.11. The van der Waals surface area contributed by atoms with Crippen LogP contribution in [0.2, 0.25) is 0 Å². The Kier molecular flexibility index (Phi) is 7.79. The third-order valence-corrected chi connectivity index (χ3v) is 6.04. The van der Waals surface area contributed by atoms with Crippen molar-refractivity contribution >= 4 is 23.6 Å². The number of hydrogen-bond donors (Lipinski definition) is 2. The minimum atomic E-state index is -0.477. The highest BCUT2D eigenvalue weighted by Gasteiger charge is 2.21. The van der Waals surface area contributed by atoms with Gasteiger partial charge in [-0.25, -0.2) is 0 Å². The van der Waals surface area contributed by atoms with Gasteiger partial charge in [0.15, 0.2) is 0 Å². The molecule has 3 aromatic rings. The van der Waals surface area contributed by atoms with E-state index >= 15 is 0 Å². The molecule has 1 fully saturated rings. The smallest absolute Gasteiger partial charge is 0.270 e. The summed E-state index contributed by atoms with van der Waals surface area (Å²) < 4.78 is 11.0. The largest absolute Gasteiger partial charge is 0.497 e. The molecule has 0 saturated heterocycles. The monoisotopic (exact) mass is 489 g/mol. The van der Waals surface area contributed by atoms with E-state index in [1.807, 2.05) is 0 Å². The van der Waals surface area contributed by atoms with Crippen LogP contribution in [0.5, 0.6) is 5.75 Å². The van der Waals surface area contributed by atoms with Crippen LogP contribution in [0.1, 0.15) is 48.2 Å². The molecule has 2 N–H and O–H groups in total. The zero-order valence-electron chi connectivity index (χ0n) is 19.9. The molecule has 0 aliphatic heterocycles. The first-order valence-corrected chi connectivity index (χ1v) is 11.8. The van der Waals surface area contributed by atoms with Crippen LogP contribution in [0.3, 0.4) is 0 Å². The lowest BCUT2D eigenvalue weighted by Crippen LogP contribution is -2.41. The summed E-state index contributed by atoms with van der Waals surface area (Å²) >= 11 is 0. The first-order valence-electron chi connectivity index (χ1n) is 11.8. The number of ether oxygens (including phenoxy) is 1. The number of carbonyl (C=O) groups is 2. The van der Waals surface area contributed by atoms with Crippen molar-refractivity contribution in [2.75, 3.05) is 7.11 Å². The predicted molar refractivity (Wildman–Crippen MR) is 134 cm³/mol. The molecular weight excluding hydrogens is 462 g/mol. The molecule has 9 heteroatoms. The maximum Gasteiger partial charge on any atom is 0.270 e. The average molecular weight is 490 g/mol. The SMILES string of the molecule is COc1ccc(C(=O)N/C(=C\c2ccc(-c3cccc([N+](=O)[O-])c3)o2)C(=O)NC2CCCCC2)cc1. The van der Waals surface area contributed by atoms with Crippen LogP contribution >= 0.6 is 0 Å². The Balaban J connectivity index is 1.59. The van der Waals surface area contributed by atoms with Gasteiger partial charge in [0.1, 0.15) is 23.0 Å². The number of nitro groups is 1. The van der Waals surface area contributed by atoms with Crippen LogP contribution in [-0.4, -0.2) is 29.9 Å². The van der Waals surface area contributed by atoms with Crippen molar-refractivity contribution in [1.82, 2.24) is 10.6 Å². The molecule has 36 heavy (non-hydrogen) atoms. The molecule has 1 aliphatic carbocycles. The van der Waals surface area contributed by atoms with Crippen molar-refractivity contribution in [3.63, 3.8) is 0 Å². The Morgan fingerprint density at radius 1 is 1.06 bits per heavy atom. The lowest BCUT2D eigenvalue weighted by Gasteiger charge is -2.23. The highest BCUT2D eigenvalue weighted by molar-refractivity contribution is 6.05. The fourth-order valence-electron chi connectivity index (χ4n) is 4.11. The standard InChI is InChI=1S/C27H27N3O6/c1-35-22-12-10-18(11-13-22)26(31)29-24(27(32)28-20-7-3-2-4-8-20)17-23-14-15-25(36-23)19-6-5-9-21(16-19)30(33)34/h5-6,9-17,20H,2-4,7-8H2,1H3,(H,28,32)(H,29,31)/b24-17-. The van der Waals surface area contributed by atoms with E-state index in [0.29, 0.717) is 28.4 Å². The molecule has 1 saturated carbocycles. The molecule has 9 nitrogen and oxygen atoms in total. The molecule has 186 valence electrons. The summed E-state index contributed by atoms with van der Waals surface area (Å²) in [7, 11) is 1.54. The lowest BCUT2D eigenvalue weighted by atomic mass is 9.95. The Labute approximate surface area is 208 Å². The molecule has 2 aromatic carbocycles. The van der Waals surface area contributed by atoms with Crippen molar-refractivity contribution < 1.29 is 23.7 Å². The number of carbonyl (C=O) groups excluding carboxylic acids is 2. The quantitative estimate of drug-likeness (QED) is 0.258. The van der Waals surface area contributed by atoms with Crippen molar-refractivity contribution in [3.05, 3.63) is 87.8 Å². The van der Waals surface area contributed by atoms with Gasteiger partial charge in [0.05, 0.1) is 12.0 Å². The van der Waals surface area contributed by atoms with Gasteiger partial charge in [0, 0.05) is 35.4 Å². The zero-order valence-corrected chi connectivity index (χ0v) is 19.9. The number of non-ortho nitro benzene ring substituents is 1. The highest BCUT2D eigenvalue weighted by atomic mass is 16.6. The van der Waals surface area contributed by atoms with Gasteiger partial charge in [0.25, 0.3) is 17.5 Å². The molecule has 1 heterocycles. The van der Waals surface area contributed by atoms with E-state index in [2.05, 4.69) is 10.6 Å². The van der Waals surface area contributed by atoms with Crippen LogP contribution in [0.4, 0.5) is 5.69 Å². The second-order valence-electron chi connectivity index (χ2n) is 8.56. The van der Waals surface area contributed by atoms with E-state index in [1.165, 1.54) is 25.3 Å². The number of nitrogens with zero attached hydrogens (tertiary/aromatic N) is 1. The molecule has 4 rings (SSSR count). The number of furan rings is 1. The van der Waals surface area contributed by atoms with E-state index in [1.54, 1.807) is 48.5 Å². The second-order valence-corrected chi connectivity index (χ2v) is 8.56. The molecule has 2 amide bonds. The molecular formula is C27H27N3O6. The molecule has 0 atom stereocenters. The van der Waals surface area contributed by atoms with Crippen LogP contribution in [0.25, 0.3) is 17.4 Å². The van der Waals surface area contributed by atoms with Gasteiger partial charge < -0.3 is 19.8 Å². The molecule has 0 unspecified atom stereocenters. The van der Waals surface area contributed by atoms with E-state index in [9.17, 15) is 19.7 Å². The minimum Gasteiger partial charge on any atom is -0.497 e. The van der Waals surface area contributed by atoms with Crippen molar-refractivity contribution in [3.8, 4) is 17.1 Å². The molecule has 0 bridgehead atoms. The first-order chi connectivity index (χ1) is 17.4. The second kappa shape index (κ2) is 11.4. The fraction of sp³-hybridized carbons (Fsp3) is 0.259. The lowest BCUT2D eigenvalue weighted by molar-refractivity contribution is -0.384. The summed E-state index contributed by atoms with van der Waals surface area (Å²) in [6, 6.07) is 16.0. The maximum absolute atomic E-state index is 13.1. The van der Waals surface area contributed by atoms with Gasteiger partial charge in [-0.3, -0.25) is 19.7 Å². The zero-order chi connectivity index (χ0) is 25.5. The van der Waals surface area contributed by atoms with Crippen molar-refractivity contribution in [1.29, 1.82) is 0 Å². The van der Waals surface area contributed by atoms with Crippen LogP contribution in [-0.2, 0) is 4.79 Å².